The van der Waals surface area contributed by atoms with Crippen LogP contribution in [0, 0.1) is 17.8 Å². The Hall–Kier alpha value is -4.52. The van der Waals surface area contributed by atoms with Gasteiger partial charge in [-0.2, -0.15) is 0 Å². The zero-order valence-corrected chi connectivity index (χ0v) is 24.7. The van der Waals surface area contributed by atoms with Crippen molar-refractivity contribution in [3.05, 3.63) is 119 Å². The Morgan fingerprint density at radius 1 is 0.886 bits per heavy atom. The van der Waals surface area contributed by atoms with Crippen LogP contribution in [0.1, 0.15) is 30.4 Å². The quantitative estimate of drug-likeness (QED) is 0.136. The molecule has 222 valence electrons. The van der Waals surface area contributed by atoms with Crippen LogP contribution in [0.5, 0.6) is 5.75 Å². The molecule has 6 heteroatoms. The topological polar surface area (TPSA) is 76.1 Å². The van der Waals surface area contributed by atoms with Gasteiger partial charge in [0.1, 0.15) is 5.75 Å². The van der Waals surface area contributed by atoms with E-state index in [1.807, 2.05) is 78.9 Å². The molecular weight excluding hydrogens is 550 g/mol. The zero-order chi connectivity index (χ0) is 30.2. The predicted octanol–water partition coefficient (Wildman–Crippen LogP) is 7.03. The van der Waals surface area contributed by atoms with Crippen molar-refractivity contribution in [1.29, 1.82) is 0 Å². The van der Waals surface area contributed by atoms with E-state index in [9.17, 15) is 14.7 Å². The molecule has 1 N–H and O–H groups in total. The third-order valence-electron chi connectivity index (χ3n) is 9.43. The van der Waals surface area contributed by atoms with E-state index in [2.05, 4.69) is 18.2 Å². The predicted molar refractivity (Wildman–Crippen MR) is 172 cm³/mol. The molecule has 2 amide bonds. The minimum Gasteiger partial charge on any atom is -0.507 e. The normalized spacial score (nSPS) is 23.4. The van der Waals surface area contributed by atoms with Gasteiger partial charge < -0.3 is 14.6 Å². The number of ether oxygens (including phenoxy) is 2. The summed E-state index contributed by atoms with van der Waals surface area (Å²) in [5.74, 6) is -0.943. The largest absolute Gasteiger partial charge is 0.507 e. The first-order chi connectivity index (χ1) is 21.5. The van der Waals surface area contributed by atoms with Gasteiger partial charge in [0.05, 0.1) is 36.8 Å². The number of allylic oxidation sites excluding steroid dienone is 1. The molecule has 0 aromatic heterocycles. The second-order valence-corrected chi connectivity index (χ2v) is 11.9. The van der Waals surface area contributed by atoms with Gasteiger partial charge in [-0.15, -0.1) is 0 Å². The number of rotatable bonds is 8. The number of carbonyl (C=O) groups is 2. The summed E-state index contributed by atoms with van der Waals surface area (Å²) in [5, 5.41) is 12.3. The fourth-order valence-corrected chi connectivity index (χ4v) is 7.47. The molecule has 2 aliphatic heterocycles. The summed E-state index contributed by atoms with van der Waals surface area (Å²) in [6.07, 6.45) is 4.04. The van der Waals surface area contributed by atoms with Crippen LogP contribution >= 0.6 is 0 Å². The van der Waals surface area contributed by atoms with Crippen molar-refractivity contribution in [2.75, 3.05) is 25.2 Å². The number of benzene rings is 4. The highest BCUT2D eigenvalue weighted by Gasteiger charge is 2.57. The highest BCUT2D eigenvalue weighted by Crippen LogP contribution is 2.50. The van der Waals surface area contributed by atoms with Gasteiger partial charge in [-0.3, -0.25) is 14.5 Å². The van der Waals surface area contributed by atoms with Crippen LogP contribution in [0.25, 0.3) is 22.4 Å². The molecule has 0 unspecified atom stereocenters. The maximum absolute atomic E-state index is 13.8. The smallest absolute Gasteiger partial charge is 0.238 e. The Kier molecular flexibility index (Phi) is 7.62. The molecule has 1 aliphatic carbocycles. The second kappa shape index (κ2) is 11.9. The summed E-state index contributed by atoms with van der Waals surface area (Å²) in [4.78, 5) is 28.8. The lowest BCUT2D eigenvalue weighted by Crippen LogP contribution is -2.35. The average molecular weight is 586 g/mol. The molecule has 7 rings (SSSR count). The van der Waals surface area contributed by atoms with E-state index >= 15 is 0 Å². The number of amides is 2. The number of para-hydroxylation sites is 1. The lowest BCUT2D eigenvalue weighted by Gasteiger charge is -2.31. The Morgan fingerprint density at radius 2 is 1.59 bits per heavy atom. The number of methoxy groups -OCH3 is 1. The monoisotopic (exact) mass is 585 g/mol. The van der Waals surface area contributed by atoms with Crippen LogP contribution < -0.4 is 4.90 Å². The van der Waals surface area contributed by atoms with Gasteiger partial charge in [-0.1, -0.05) is 84.9 Å². The Bertz CT molecular complexity index is 1780. The zero-order valence-electron chi connectivity index (χ0n) is 24.7. The first kappa shape index (κ1) is 28.3. The molecule has 2 fully saturated rings. The van der Waals surface area contributed by atoms with Crippen molar-refractivity contribution in [2.24, 2.45) is 17.8 Å². The fourth-order valence-electron chi connectivity index (χ4n) is 7.47. The SMILES string of the molecule is COCC1=C2[C@@H](CC/C(=C/c3ccc(O)c4ccccc34)c3ccccc3)OC[C@@H]2[C@@H]2C(=O)N(c3ccccc3)C(=O)[C@@H]2C1. The van der Waals surface area contributed by atoms with E-state index in [1.165, 1.54) is 10.5 Å². The first-order valence-electron chi connectivity index (χ1n) is 15.3. The molecule has 2 saturated heterocycles. The lowest BCUT2D eigenvalue weighted by molar-refractivity contribution is -0.122. The third-order valence-corrected chi connectivity index (χ3v) is 9.43. The number of fused-ring (bicyclic) bond motifs is 4. The van der Waals surface area contributed by atoms with Crippen LogP contribution in [-0.4, -0.2) is 43.3 Å². The van der Waals surface area contributed by atoms with Gasteiger partial charge in [0.15, 0.2) is 0 Å². The molecule has 0 bridgehead atoms. The molecule has 0 spiro atoms. The molecule has 4 aromatic rings. The number of carbonyl (C=O) groups excluding carboxylic acids is 2. The van der Waals surface area contributed by atoms with E-state index in [0.717, 1.165) is 45.9 Å². The standard InChI is InChI=1S/C38H35NO5/c1-43-22-27-21-31-36(38(42)39(37(31)41)28-12-6-3-7-13-28)32-23-44-34(35(27)32)19-17-25(24-10-4-2-5-11-24)20-26-16-18-33(40)30-15-9-8-14-29(26)30/h2-16,18,20,31-32,34,36,40H,17,19,21-23H2,1H3/b25-20-/t31-,32+,34-,36-/m1/s1. The molecule has 0 radical (unpaired) electrons. The summed E-state index contributed by atoms with van der Waals surface area (Å²) in [7, 11) is 1.68. The summed E-state index contributed by atoms with van der Waals surface area (Å²) in [6, 6.07) is 31.2. The van der Waals surface area contributed by atoms with Gasteiger partial charge in [-0.05, 0) is 70.7 Å². The van der Waals surface area contributed by atoms with E-state index in [0.29, 0.717) is 25.3 Å². The molecule has 4 atom stereocenters. The highest BCUT2D eigenvalue weighted by atomic mass is 16.5. The van der Waals surface area contributed by atoms with Gasteiger partial charge in [0, 0.05) is 18.4 Å². The van der Waals surface area contributed by atoms with E-state index in [1.54, 1.807) is 13.2 Å². The van der Waals surface area contributed by atoms with Gasteiger partial charge in [0.25, 0.3) is 0 Å². The Labute approximate surface area is 257 Å². The van der Waals surface area contributed by atoms with E-state index in [-0.39, 0.29) is 29.6 Å². The maximum atomic E-state index is 13.8. The van der Waals surface area contributed by atoms with Crippen molar-refractivity contribution in [2.45, 2.75) is 25.4 Å². The Morgan fingerprint density at radius 3 is 2.34 bits per heavy atom. The van der Waals surface area contributed by atoms with Crippen LogP contribution in [0.2, 0.25) is 0 Å². The summed E-state index contributed by atoms with van der Waals surface area (Å²) < 4.78 is 12.1. The minimum absolute atomic E-state index is 0.126. The summed E-state index contributed by atoms with van der Waals surface area (Å²) in [5.41, 5.74) is 6.20. The molecule has 0 saturated carbocycles. The number of hydrogen-bond acceptors (Lipinski definition) is 5. The number of phenols is 1. The first-order valence-corrected chi connectivity index (χ1v) is 15.3. The molecule has 6 nitrogen and oxygen atoms in total. The van der Waals surface area contributed by atoms with Crippen LogP contribution in [-0.2, 0) is 19.1 Å². The lowest BCUT2D eigenvalue weighted by atomic mass is 9.69. The molecule has 4 aromatic carbocycles. The van der Waals surface area contributed by atoms with E-state index in [4.69, 9.17) is 9.47 Å². The fraction of sp³-hybridized carbons (Fsp3) is 0.263. The van der Waals surface area contributed by atoms with Gasteiger partial charge in [0.2, 0.25) is 11.8 Å². The average Bonchev–Trinajstić information content (AvgIpc) is 3.59. The highest BCUT2D eigenvalue weighted by molar-refractivity contribution is 6.22. The summed E-state index contributed by atoms with van der Waals surface area (Å²) in [6.45, 7) is 0.839. The van der Waals surface area contributed by atoms with Crippen LogP contribution in [0.15, 0.2) is 108 Å². The molecular formula is C38H35NO5. The molecule has 2 heterocycles. The number of anilines is 1. The number of phenolic OH excluding ortho intramolecular Hbond substituents is 1. The Balaban J connectivity index is 1.20. The third kappa shape index (κ3) is 4.94. The second-order valence-electron chi connectivity index (χ2n) is 11.9. The van der Waals surface area contributed by atoms with Gasteiger partial charge >= 0.3 is 0 Å². The van der Waals surface area contributed by atoms with Gasteiger partial charge in [-0.25, -0.2) is 0 Å². The van der Waals surface area contributed by atoms with Crippen molar-refractivity contribution in [3.8, 4) is 5.75 Å². The number of hydrogen-bond donors (Lipinski definition) is 1. The minimum atomic E-state index is -0.421. The molecule has 3 aliphatic rings. The van der Waals surface area contributed by atoms with Crippen molar-refractivity contribution in [3.63, 3.8) is 0 Å². The van der Waals surface area contributed by atoms with Crippen molar-refractivity contribution >= 4 is 39.9 Å². The van der Waals surface area contributed by atoms with Crippen LogP contribution in [0.3, 0.4) is 0 Å². The number of imide groups is 1. The maximum Gasteiger partial charge on any atom is 0.238 e. The van der Waals surface area contributed by atoms with Crippen molar-refractivity contribution in [1.82, 2.24) is 0 Å². The molecule has 44 heavy (non-hydrogen) atoms. The van der Waals surface area contributed by atoms with Crippen molar-refractivity contribution < 1.29 is 24.2 Å². The van der Waals surface area contributed by atoms with Crippen LogP contribution in [0.4, 0.5) is 5.69 Å². The number of aromatic hydroxyl groups is 1. The number of nitrogens with zero attached hydrogens (tertiary/aromatic N) is 1. The van der Waals surface area contributed by atoms with E-state index < -0.39 is 11.8 Å². The summed E-state index contributed by atoms with van der Waals surface area (Å²) >= 11 is 0.